The van der Waals surface area contributed by atoms with Gasteiger partial charge in [0.1, 0.15) is 5.82 Å². The van der Waals surface area contributed by atoms with Crippen molar-refractivity contribution in [3.8, 4) is 11.1 Å². The van der Waals surface area contributed by atoms with Crippen LogP contribution in [0.2, 0.25) is 0 Å². The molecule has 20 heavy (non-hydrogen) atoms. The van der Waals surface area contributed by atoms with Gasteiger partial charge in [0.2, 0.25) is 0 Å². The van der Waals surface area contributed by atoms with Crippen LogP contribution in [-0.4, -0.2) is 19.7 Å². The first-order valence-electron chi connectivity index (χ1n) is 6.02. The van der Waals surface area contributed by atoms with E-state index in [0.29, 0.717) is 5.52 Å². The summed E-state index contributed by atoms with van der Waals surface area (Å²) in [5, 5.41) is 0.858. The maximum atomic E-state index is 13.2. The lowest BCUT2D eigenvalue weighted by Crippen LogP contribution is -1.96. The van der Waals surface area contributed by atoms with E-state index in [-0.39, 0.29) is 10.7 Å². The van der Waals surface area contributed by atoms with E-state index in [1.807, 2.05) is 6.07 Å². The van der Waals surface area contributed by atoms with E-state index in [4.69, 9.17) is 0 Å². The summed E-state index contributed by atoms with van der Waals surface area (Å²) in [6.45, 7) is 0. The molecule has 1 N–H and O–H groups in total. The lowest BCUT2D eigenvalue weighted by molar-refractivity contribution is 0.602. The molecule has 3 aromatic rings. The first-order valence-corrected chi connectivity index (χ1v) is 7.91. The highest BCUT2D eigenvalue weighted by atomic mass is 32.2. The summed E-state index contributed by atoms with van der Waals surface area (Å²) >= 11 is 0. The molecule has 102 valence electrons. The third kappa shape index (κ3) is 2.20. The van der Waals surface area contributed by atoms with Crippen LogP contribution in [0.15, 0.2) is 53.6 Å². The summed E-state index contributed by atoms with van der Waals surface area (Å²) in [7, 11) is -3.25. The van der Waals surface area contributed by atoms with Crippen molar-refractivity contribution in [1.29, 1.82) is 0 Å². The molecule has 3 nitrogen and oxygen atoms in total. The summed E-state index contributed by atoms with van der Waals surface area (Å²) in [6, 6.07) is 11.2. The largest absolute Gasteiger partial charge is 0.360 e. The number of hydrogen-bond donors (Lipinski definition) is 1. The van der Waals surface area contributed by atoms with Gasteiger partial charge in [0.05, 0.1) is 4.90 Å². The van der Waals surface area contributed by atoms with Gasteiger partial charge in [-0.3, -0.25) is 0 Å². The minimum absolute atomic E-state index is 0.270. The zero-order chi connectivity index (χ0) is 14.3. The fourth-order valence-electron chi connectivity index (χ4n) is 2.23. The van der Waals surface area contributed by atoms with Gasteiger partial charge in [-0.15, -0.1) is 0 Å². The molecule has 0 bridgehead atoms. The minimum atomic E-state index is -3.25. The second-order valence-corrected chi connectivity index (χ2v) is 6.71. The number of sulfone groups is 1. The Morgan fingerprint density at radius 3 is 2.65 bits per heavy atom. The van der Waals surface area contributed by atoms with Crippen molar-refractivity contribution in [1.82, 2.24) is 4.98 Å². The molecule has 3 rings (SSSR count). The van der Waals surface area contributed by atoms with E-state index < -0.39 is 9.84 Å². The molecule has 0 saturated heterocycles. The SMILES string of the molecule is CS(=O)(=O)c1cccc(-c2c[nH]c3cc(F)ccc23)c1. The maximum absolute atomic E-state index is 13.2. The number of H-pyrrole nitrogens is 1. The number of benzene rings is 2. The molecule has 0 aliphatic rings. The molecule has 0 radical (unpaired) electrons. The molecule has 0 unspecified atom stereocenters. The van der Waals surface area contributed by atoms with Crippen LogP contribution in [-0.2, 0) is 9.84 Å². The van der Waals surface area contributed by atoms with E-state index in [2.05, 4.69) is 4.98 Å². The molecule has 1 aromatic heterocycles. The van der Waals surface area contributed by atoms with E-state index in [9.17, 15) is 12.8 Å². The Labute approximate surface area is 116 Å². The van der Waals surface area contributed by atoms with Gasteiger partial charge < -0.3 is 4.98 Å². The molecule has 5 heteroatoms. The molecule has 0 saturated carbocycles. The molecule has 0 aliphatic carbocycles. The molecule has 0 aliphatic heterocycles. The van der Waals surface area contributed by atoms with Crippen molar-refractivity contribution < 1.29 is 12.8 Å². The number of nitrogens with one attached hydrogen (secondary N) is 1. The number of fused-ring (bicyclic) bond motifs is 1. The van der Waals surface area contributed by atoms with Crippen molar-refractivity contribution in [2.75, 3.05) is 6.26 Å². The number of aromatic amines is 1. The van der Waals surface area contributed by atoms with Crippen molar-refractivity contribution >= 4 is 20.7 Å². The average molecular weight is 289 g/mol. The van der Waals surface area contributed by atoms with Crippen LogP contribution >= 0.6 is 0 Å². The van der Waals surface area contributed by atoms with Crippen molar-refractivity contribution in [2.24, 2.45) is 0 Å². The molecule has 0 fully saturated rings. The predicted molar refractivity (Wildman–Crippen MR) is 76.8 cm³/mol. The molecule has 2 aromatic carbocycles. The van der Waals surface area contributed by atoms with Crippen LogP contribution in [0.5, 0.6) is 0 Å². The van der Waals surface area contributed by atoms with Crippen LogP contribution < -0.4 is 0 Å². The van der Waals surface area contributed by atoms with E-state index >= 15 is 0 Å². The molecular weight excluding hydrogens is 277 g/mol. The monoisotopic (exact) mass is 289 g/mol. The molecular formula is C15H12FNO2S. The van der Waals surface area contributed by atoms with Crippen LogP contribution in [0.1, 0.15) is 0 Å². The minimum Gasteiger partial charge on any atom is -0.360 e. The van der Waals surface area contributed by atoms with Crippen molar-refractivity contribution in [2.45, 2.75) is 4.90 Å². The predicted octanol–water partition coefficient (Wildman–Crippen LogP) is 3.38. The fourth-order valence-corrected chi connectivity index (χ4v) is 2.90. The number of halogens is 1. The average Bonchev–Trinajstić information content (AvgIpc) is 2.80. The van der Waals surface area contributed by atoms with Gasteiger partial charge in [-0.25, -0.2) is 12.8 Å². The molecule has 0 spiro atoms. The highest BCUT2D eigenvalue weighted by Crippen LogP contribution is 2.30. The van der Waals surface area contributed by atoms with Crippen LogP contribution in [0.25, 0.3) is 22.0 Å². The zero-order valence-corrected chi connectivity index (χ0v) is 11.5. The maximum Gasteiger partial charge on any atom is 0.175 e. The van der Waals surface area contributed by atoms with Crippen molar-refractivity contribution in [3.63, 3.8) is 0 Å². The third-order valence-corrected chi connectivity index (χ3v) is 4.33. The van der Waals surface area contributed by atoms with Gasteiger partial charge in [-0.2, -0.15) is 0 Å². The number of rotatable bonds is 2. The smallest absolute Gasteiger partial charge is 0.175 e. The van der Waals surface area contributed by atoms with Crippen LogP contribution in [0, 0.1) is 5.82 Å². The third-order valence-electron chi connectivity index (χ3n) is 3.22. The first-order chi connectivity index (χ1) is 9.45. The quantitative estimate of drug-likeness (QED) is 0.786. The summed E-state index contributed by atoms with van der Waals surface area (Å²) in [6.07, 6.45) is 2.93. The Hall–Kier alpha value is -2.14. The topological polar surface area (TPSA) is 49.9 Å². The van der Waals surface area contributed by atoms with Gasteiger partial charge in [0, 0.05) is 28.9 Å². The van der Waals surface area contributed by atoms with Gasteiger partial charge >= 0.3 is 0 Å². The Bertz CT molecular complexity index is 897. The van der Waals surface area contributed by atoms with E-state index in [1.165, 1.54) is 18.4 Å². The molecule has 1 heterocycles. The Morgan fingerprint density at radius 2 is 1.90 bits per heavy atom. The fraction of sp³-hybridized carbons (Fsp3) is 0.0667. The normalized spacial score (nSPS) is 11.9. The van der Waals surface area contributed by atoms with Gasteiger partial charge in [-0.1, -0.05) is 12.1 Å². The van der Waals surface area contributed by atoms with E-state index in [0.717, 1.165) is 16.5 Å². The van der Waals surface area contributed by atoms with Gasteiger partial charge in [0.25, 0.3) is 0 Å². The Balaban J connectivity index is 2.21. The van der Waals surface area contributed by atoms with E-state index in [1.54, 1.807) is 30.5 Å². The Kier molecular flexibility index (Phi) is 2.87. The Morgan fingerprint density at radius 1 is 1.10 bits per heavy atom. The highest BCUT2D eigenvalue weighted by Gasteiger charge is 2.11. The second kappa shape index (κ2) is 4.45. The highest BCUT2D eigenvalue weighted by molar-refractivity contribution is 7.90. The molecule has 0 amide bonds. The number of hydrogen-bond acceptors (Lipinski definition) is 2. The molecule has 0 atom stereocenters. The summed E-state index contributed by atoms with van der Waals surface area (Å²) in [4.78, 5) is 3.27. The summed E-state index contributed by atoms with van der Waals surface area (Å²) in [5.74, 6) is -0.309. The lowest BCUT2D eigenvalue weighted by atomic mass is 10.1. The zero-order valence-electron chi connectivity index (χ0n) is 10.7. The van der Waals surface area contributed by atoms with Gasteiger partial charge in [-0.05, 0) is 35.9 Å². The van der Waals surface area contributed by atoms with Crippen molar-refractivity contribution in [3.05, 3.63) is 54.5 Å². The summed E-state index contributed by atoms with van der Waals surface area (Å²) < 4.78 is 36.4. The summed E-state index contributed by atoms with van der Waals surface area (Å²) in [5.41, 5.74) is 2.32. The lowest BCUT2D eigenvalue weighted by Gasteiger charge is -2.03. The van der Waals surface area contributed by atoms with Crippen LogP contribution in [0.3, 0.4) is 0 Å². The number of aromatic nitrogens is 1. The first kappa shape index (κ1) is 12.9. The van der Waals surface area contributed by atoms with Gasteiger partial charge in [0.15, 0.2) is 9.84 Å². The standard InChI is InChI=1S/C15H12FNO2S/c1-20(18,19)12-4-2-3-10(7-12)14-9-17-15-8-11(16)5-6-13(14)15/h2-9,17H,1H3. The van der Waals surface area contributed by atoms with Crippen LogP contribution in [0.4, 0.5) is 4.39 Å². The second-order valence-electron chi connectivity index (χ2n) is 4.69.